The van der Waals surface area contributed by atoms with Crippen molar-refractivity contribution in [2.24, 2.45) is 5.41 Å². The molecule has 0 radical (unpaired) electrons. The average Bonchev–Trinajstić information content (AvgIpc) is 2.61. The lowest BCUT2D eigenvalue weighted by Gasteiger charge is -2.26. The molecule has 3 N–H and O–H groups in total. The highest BCUT2D eigenvalue weighted by Crippen LogP contribution is 2.27. The molecule has 1 aromatic rings. The van der Waals surface area contributed by atoms with E-state index in [-0.39, 0.29) is 22.8 Å². The third kappa shape index (κ3) is 4.49. The van der Waals surface area contributed by atoms with Crippen LogP contribution in [0.2, 0.25) is 0 Å². The highest BCUT2D eigenvalue weighted by atomic mass is 32.2. The Kier molecular flexibility index (Phi) is 6.95. The minimum atomic E-state index is -3.81. The number of methoxy groups -OCH3 is 1. The normalized spacial score (nSPS) is 11.8. The molecule has 25 heavy (non-hydrogen) atoms. The molecule has 0 aliphatic heterocycles. The molecule has 140 valence electrons. The van der Waals surface area contributed by atoms with Gasteiger partial charge in [0.25, 0.3) is 5.91 Å². The number of carboxylic acid groups (broad SMARTS) is 1. The van der Waals surface area contributed by atoms with Crippen LogP contribution in [0.4, 0.5) is 0 Å². The van der Waals surface area contributed by atoms with Gasteiger partial charge in [0.15, 0.2) is 0 Å². The van der Waals surface area contributed by atoms with E-state index in [1.165, 1.54) is 32.4 Å². The third-order valence-corrected chi connectivity index (χ3v) is 5.81. The Morgan fingerprint density at radius 3 is 2.28 bits per heavy atom. The molecule has 0 unspecified atom stereocenters. The predicted molar refractivity (Wildman–Crippen MR) is 92.2 cm³/mol. The molecule has 0 atom stereocenters. The summed E-state index contributed by atoms with van der Waals surface area (Å²) in [6, 6.07) is 3.99. The zero-order valence-electron chi connectivity index (χ0n) is 14.8. The Labute approximate surface area is 147 Å². The van der Waals surface area contributed by atoms with Crippen molar-refractivity contribution in [1.82, 2.24) is 10.0 Å². The maximum atomic E-state index is 12.4. The van der Waals surface area contributed by atoms with Crippen LogP contribution in [0.15, 0.2) is 23.1 Å². The molecular weight excluding hydrogens is 348 g/mol. The SMILES string of the molecule is CCC(CC)(CNC(=O)c1ccc(OC)c(S(=O)(=O)NC)c1)C(=O)O. The molecule has 1 amide bonds. The molecule has 1 rings (SSSR count). The van der Waals surface area contributed by atoms with Crippen LogP contribution in [0.1, 0.15) is 37.0 Å². The van der Waals surface area contributed by atoms with Crippen LogP contribution in [0, 0.1) is 5.41 Å². The molecule has 8 nitrogen and oxygen atoms in total. The van der Waals surface area contributed by atoms with Crippen molar-refractivity contribution in [3.63, 3.8) is 0 Å². The molecule has 9 heteroatoms. The van der Waals surface area contributed by atoms with Gasteiger partial charge in [0.2, 0.25) is 10.0 Å². The maximum absolute atomic E-state index is 12.4. The number of hydrogen-bond acceptors (Lipinski definition) is 5. The smallest absolute Gasteiger partial charge is 0.311 e. The van der Waals surface area contributed by atoms with Crippen LogP contribution in [0.25, 0.3) is 0 Å². The van der Waals surface area contributed by atoms with Gasteiger partial charge in [0, 0.05) is 12.1 Å². The lowest BCUT2D eigenvalue weighted by molar-refractivity contribution is -0.149. The molecule has 0 heterocycles. The summed E-state index contributed by atoms with van der Waals surface area (Å²) in [4.78, 5) is 23.7. The van der Waals surface area contributed by atoms with Gasteiger partial charge in [0.1, 0.15) is 10.6 Å². The molecule has 0 aliphatic carbocycles. The van der Waals surface area contributed by atoms with E-state index in [4.69, 9.17) is 4.74 Å². The topological polar surface area (TPSA) is 122 Å². The number of carbonyl (C=O) groups excluding carboxylic acids is 1. The summed E-state index contributed by atoms with van der Waals surface area (Å²) in [6.07, 6.45) is 0.724. The van der Waals surface area contributed by atoms with Crippen molar-refractivity contribution in [1.29, 1.82) is 0 Å². The van der Waals surface area contributed by atoms with Crippen LogP contribution in [-0.4, -0.2) is 46.1 Å². The zero-order valence-corrected chi connectivity index (χ0v) is 15.6. The molecule has 0 aromatic heterocycles. The summed E-state index contributed by atoms with van der Waals surface area (Å²) in [5.41, 5.74) is -0.955. The van der Waals surface area contributed by atoms with E-state index in [9.17, 15) is 23.1 Å². The quantitative estimate of drug-likeness (QED) is 0.599. The van der Waals surface area contributed by atoms with Gasteiger partial charge in [-0.3, -0.25) is 9.59 Å². The Bertz CT molecular complexity index is 741. The van der Waals surface area contributed by atoms with Gasteiger partial charge in [0.05, 0.1) is 12.5 Å². The van der Waals surface area contributed by atoms with E-state index in [0.29, 0.717) is 12.8 Å². The average molecular weight is 372 g/mol. The number of carboxylic acids is 1. The number of benzene rings is 1. The molecule has 1 aromatic carbocycles. The second-order valence-corrected chi connectivity index (χ2v) is 7.40. The number of ether oxygens (including phenoxy) is 1. The largest absolute Gasteiger partial charge is 0.495 e. The number of aliphatic carboxylic acids is 1. The van der Waals surface area contributed by atoms with E-state index < -0.39 is 27.3 Å². The second kappa shape index (κ2) is 8.30. The first-order valence-electron chi connectivity index (χ1n) is 7.80. The molecule has 0 fully saturated rings. The monoisotopic (exact) mass is 372 g/mol. The van der Waals surface area contributed by atoms with Gasteiger partial charge < -0.3 is 15.2 Å². The summed E-state index contributed by atoms with van der Waals surface area (Å²) in [5, 5.41) is 12.0. The number of hydrogen-bond donors (Lipinski definition) is 3. The molecule has 0 spiro atoms. The first-order chi connectivity index (χ1) is 11.7. The number of carbonyl (C=O) groups is 2. The standard InChI is InChI=1S/C16H24N2O6S/c1-5-16(6-2,15(20)21)10-18-14(19)11-7-8-12(24-4)13(9-11)25(22,23)17-3/h7-9,17H,5-6,10H2,1-4H3,(H,18,19)(H,20,21). The van der Waals surface area contributed by atoms with Gasteiger partial charge in [-0.05, 0) is 38.1 Å². The zero-order chi connectivity index (χ0) is 19.3. The Hall–Kier alpha value is -2.13. The summed E-state index contributed by atoms with van der Waals surface area (Å²) in [5.74, 6) is -1.43. The van der Waals surface area contributed by atoms with Crippen molar-refractivity contribution in [2.45, 2.75) is 31.6 Å². The minimum Gasteiger partial charge on any atom is -0.495 e. The van der Waals surface area contributed by atoms with Crippen molar-refractivity contribution >= 4 is 21.9 Å². The fourth-order valence-corrected chi connectivity index (χ4v) is 3.29. The molecule has 0 saturated carbocycles. The van der Waals surface area contributed by atoms with Crippen LogP contribution >= 0.6 is 0 Å². The van der Waals surface area contributed by atoms with Gasteiger partial charge >= 0.3 is 5.97 Å². The predicted octanol–water partition coefficient (Wildman–Crippen LogP) is 1.22. The lowest BCUT2D eigenvalue weighted by Crippen LogP contribution is -2.42. The fourth-order valence-electron chi connectivity index (χ4n) is 2.37. The lowest BCUT2D eigenvalue weighted by atomic mass is 9.82. The van der Waals surface area contributed by atoms with Crippen LogP contribution in [0.5, 0.6) is 5.75 Å². The Balaban J connectivity index is 3.11. The van der Waals surface area contributed by atoms with Crippen LogP contribution in [0.3, 0.4) is 0 Å². The summed E-state index contributed by atoms with van der Waals surface area (Å²) >= 11 is 0. The summed E-state index contributed by atoms with van der Waals surface area (Å²) < 4.78 is 31.3. The molecular formula is C16H24N2O6S. The van der Waals surface area contributed by atoms with E-state index >= 15 is 0 Å². The highest BCUT2D eigenvalue weighted by Gasteiger charge is 2.35. The number of sulfonamides is 1. The fraction of sp³-hybridized carbons (Fsp3) is 0.500. The molecule has 0 aliphatic rings. The van der Waals surface area contributed by atoms with E-state index in [1.807, 2.05) is 0 Å². The van der Waals surface area contributed by atoms with E-state index in [2.05, 4.69) is 10.0 Å². The molecule has 0 saturated heterocycles. The van der Waals surface area contributed by atoms with Crippen LogP contribution < -0.4 is 14.8 Å². The molecule has 0 bridgehead atoms. The number of amides is 1. The summed E-state index contributed by atoms with van der Waals surface area (Å²) in [6.45, 7) is 3.44. The summed E-state index contributed by atoms with van der Waals surface area (Å²) in [7, 11) is -1.23. The Morgan fingerprint density at radius 2 is 1.84 bits per heavy atom. The van der Waals surface area contributed by atoms with Crippen molar-refractivity contribution in [3.05, 3.63) is 23.8 Å². The first-order valence-corrected chi connectivity index (χ1v) is 9.29. The van der Waals surface area contributed by atoms with Gasteiger partial charge in [-0.25, -0.2) is 13.1 Å². The second-order valence-electron chi connectivity index (χ2n) is 5.55. The first kappa shape index (κ1) is 20.9. The van der Waals surface area contributed by atoms with Crippen molar-refractivity contribution in [3.8, 4) is 5.75 Å². The van der Waals surface area contributed by atoms with Crippen molar-refractivity contribution in [2.75, 3.05) is 20.7 Å². The number of nitrogens with one attached hydrogen (secondary N) is 2. The minimum absolute atomic E-state index is 0.0473. The van der Waals surface area contributed by atoms with Crippen LogP contribution in [-0.2, 0) is 14.8 Å². The van der Waals surface area contributed by atoms with E-state index in [1.54, 1.807) is 13.8 Å². The Morgan fingerprint density at radius 1 is 1.24 bits per heavy atom. The number of rotatable bonds is 9. The van der Waals surface area contributed by atoms with Gasteiger partial charge in [-0.2, -0.15) is 0 Å². The maximum Gasteiger partial charge on any atom is 0.311 e. The van der Waals surface area contributed by atoms with Gasteiger partial charge in [-0.15, -0.1) is 0 Å². The highest BCUT2D eigenvalue weighted by molar-refractivity contribution is 7.89. The van der Waals surface area contributed by atoms with Crippen molar-refractivity contribution < 1.29 is 27.9 Å². The van der Waals surface area contributed by atoms with Gasteiger partial charge in [-0.1, -0.05) is 13.8 Å². The third-order valence-electron chi connectivity index (χ3n) is 4.38. The van der Waals surface area contributed by atoms with E-state index in [0.717, 1.165) is 0 Å².